The first kappa shape index (κ1) is 12.0. The van der Waals surface area contributed by atoms with Crippen molar-refractivity contribution in [3.63, 3.8) is 0 Å². The van der Waals surface area contributed by atoms with Crippen molar-refractivity contribution in [1.29, 1.82) is 0 Å². The molecule has 0 atom stereocenters. The van der Waals surface area contributed by atoms with Crippen LogP contribution in [0.1, 0.15) is 19.3 Å². The summed E-state index contributed by atoms with van der Waals surface area (Å²) in [5.41, 5.74) is 6.55. The number of nitrogen functional groups attached to an aromatic ring is 1. The van der Waals surface area contributed by atoms with Gasteiger partial charge in [0.1, 0.15) is 11.6 Å². The van der Waals surface area contributed by atoms with Crippen LogP contribution in [0.4, 0.5) is 15.8 Å². The van der Waals surface area contributed by atoms with E-state index in [1.54, 1.807) is 13.2 Å². The molecule has 2 rings (SSSR count). The summed E-state index contributed by atoms with van der Waals surface area (Å²) in [7, 11) is 3.45. The van der Waals surface area contributed by atoms with Gasteiger partial charge in [-0.05, 0) is 18.8 Å². The van der Waals surface area contributed by atoms with Crippen LogP contribution >= 0.6 is 0 Å². The van der Waals surface area contributed by atoms with Crippen LogP contribution in [-0.2, 0) is 0 Å². The second-order valence-corrected chi connectivity index (χ2v) is 4.72. The number of hydrogen-bond acceptors (Lipinski definition) is 3. The molecule has 1 aliphatic carbocycles. The van der Waals surface area contributed by atoms with Gasteiger partial charge in [-0.25, -0.2) is 4.39 Å². The second kappa shape index (κ2) is 4.82. The summed E-state index contributed by atoms with van der Waals surface area (Å²) >= 11 is 0. The van der Waals surface area contributed by atoms with Gasteiger partial charge in [0.05, 0.1) is 18.5 Å². The van der Waals surface area contributed by atoms with Gasteiger partial charge in [0, 0.05) is 25.7 Å². The topological polar surface area (TPSA) is 38.5 Å². The third-order valence-corrected chi connectivity index (χ3v) is 3.47. The monoisotopic (exact) mass is 238 g/mol. The Morgan fingerprint density at radius 1 is 1.47 bits per heavy atom. The summed E-state index contributed by atoms with van der Waals surface area (Å²) in [4.78, 5) is 1.95. The molecule has 17 heavy (non-hydrogen) atoms. The Morgan fingerprint density at radius 2 is 2.18 bits per heavy atom. The number of anilines is 2. The second-order valence-electron chi connectivity index (χ2n) is 4.72. The molecule has 1 fully saturated rings. The molecule has 1 saturated carbocycles. The summed E-state index contributed by atoms with van der Waals surface area (Å²) in [5.74, 6) is 0.940. The van der Waals surface area contributed by atoms with Crippen LogP contribution in [0.2, 0.25) is 0 Å². The Labute approximate surface area is 101 Å². The Kier molecular flexibility index (Phi) is 3.41. The predicted octanol–water partition coefficient (Wildman–Crippen LogP) is 2.65. The third kappa shape index (κ3) is 2.46. The van der Waals surface area contributed by atoms with Crippen LogP contribution < -0.4 is 15.4 Å². The smallest absolute Gasteiger partial charge is 0.148 e. The zero-order chi connectivity index (χ0) is 12.4. The highest BCUT2D eigenvalue weighted by molar-refractivity contribution is 5.63. The first-order valence-electron chi connectivity index (χ1n) is 5.96. The Bertz CT molecular complexity index is 405. The molecule has 0 spiro atoms. The lowest BCUT2D eigenvalue weighted by molar-refractivity contribution is 0.320. The largest absolute Gasteiger partial charge is 0.495 e. The van der Waals surface area contributed by atoms with Crippen molar-refractivity contribution in [1.82, 2.24) is 0 Å². The van der Waals surface area contributed by atoms with E-state index in [2.05, 4.69) is 0 Å². The molecule has 94 valence electrons. The average molecular weight is 238 g/mol. The van der Waals surface area contributed by atoms with Crippen molar-refractivity contribution in [2.75, 3.05) is 31.3 Å². The number of ether oxygens (including phenoxy) is 1. The SMILES string of the molecule is COc1cc(N(C)CC2CCC2)c(F)cc1N. The lowest BCUT2D eigenvalue weighted by Gasteiger charge is -2.31. The van der Waals surface area contributed by atoms with Gasteiger partial charge < -0.3 is 15.4 Å². The van der Waals surface area contributed by atoms with E-state index >= 15 is 0 Å². The van der Waals surface area contributed by atoms with Crippen molar-refractivity contribution < 1.29 is 9.13 Å². The number of benzene rings is 1. The van der Waals surface area contributed by atoms with Crippen LogP contribution in [0, 0.1) is 11.7 Å². The molecule has 3 nitrogen and oxygen atoms in total. The fraction of sp³-hybridized carbons (Fsp3) is 0.538. The van der Waals surface area contributed by atoms with Crippen LogP contribution in [-0.4, -0.2) is 20.7 Å². The molecule has 0 aromatic heterocycles. The van der Waals surface area contributed by atoms with Crippen LogP contribution in [0.3, 0.4) is 0 Å². The molecule has 0 unspecified atom stereocenters. The number of rotatable bonds is 4. The molecule has 1 aromatic carbocycles. The molecule has 0 heterocycles. The summed E-state index contributed by atoms with van der Waals surface area (Å²) in [5, 5.41) is 0. The number of hydrogen-bond donors (Lipinski definition) is 1. The van der Waals surface area contributed by atoms with E-state index in [1.165, 1.54) is 25.3 Å². The molecule has 0 aliphatic heterocycles. The van der Waals surface area contributed by atoms with Gasteiger partial charge in [-0.15, -0.1) is 0 Å². The van der Waals surface area contributed by atoms with Crippen molar-refractivity contribution in [3.05, 3.63) is 17.9 Å². The van der Waals surface area contributed by atoms with E-state index in [1.807, 2.05) is 11.9 Å². The van der Waals surface area contributed by atoms with Gasteiger partial charge >= 0.3 is 0 Å². The van der Waals surface area contributed by atoms with E-state index in [0.29, 0.717) is 23.0 Å². The van der Waals surface area contributed by atoms with Crippen LogP contribution in [0.15, 0.2) is 12.1 Å². The molecule has 1 aromatic rings. The Morgan fingerprint density at radius 3 is 2.71 bits per heavy atom. The number of methoxy groups -OCH3 is 1. The summed E-state index contributed by atoms with van der Waals surface area (Å²) in [6.07, 6.45) is 3.79. The summed E-state index contributed by atoms with van der Waals surface area (Å²) < 4.78 is 18.9. The zero-order valence-corrected chi connectivity index (χ0v) is 10.4. The highest BCUT2D eigenvalue weighted by Gasteiger charge is 2.21. The lowest BCUT2D eigenvalue weighted by Crippen LogP contribution is -2.29. The molecule has 2 N–H and O–H groups in total. The molecule has 1 aliphatic rings. The van der Waals surface area contributed by atoms with E-state index in [9.17, 15) is 4.39 Å². The maximum atomic E-state index is 13.8. The fourth-order valence-electron chi connectivity index (χ4n) is 2.19. The van der Waals surface area contributed by atoms with Gasteiger partial charge in [0.2, 0.25) is 0 Å². The quantitative estimate of drug-likeness (QED) is 0.819. The van der Waals surface area contributed by atoms with Crippen LogP contribution in [0.5, 0.6) is 5.75 Å². The summed E-state index contributed by atoms with van der Waals surface area (Å²) in [6, 6.07) is 2.99. The first-order chi connectivity index (χ1) is 8.11. The molecule has 4 heteroatoms. The Balaban J connectivity index is 2.17. The zero-order valence-electron chi connectivity index (χ0n) is 10.4. The molecule has 0 radical (unpaired) electrons. The average Bonchev–Trinajstić information content (AvgIpc) is 2.23. The highest BCUT2D eigenvalue weighted by atomic mass is 19.1. The minimum absolute atomic E-state index is 0.287. The molecular formula is C13H19FN2O. The lowest BCUT2D eigenvalue weighted by atomic mass is 9.85. The van der Waals surface area contributed by atoms with Gasteiger partial charge in [-0.3, -0.25) is 0 Å². The standard InChI is InChI=1S/C13H19FN2O/c1-16(8-9-4-3-5-9)12-7-13(17-2)11(15)6-10(12)14/h6-7,9H,3-5,8,15H2,1-2H3. The molecule has 0 saturated heterocycles. The highest BCUT2D eigenvalue weighted by Crippen LogP contribution is 2.33. The van der Waals surface area contributed by atoms with Gasteiger partial charge in [0.15, 0.2) is 0 Å². The number of nitrogens with two attached hydrogens (primary N) is 1. The predicted molar refractivity (Wildman–Crippen MR) is 68.0 cm³/mol. The van der Waals surface area contributed by atoms with Gasteiger partial charge in [0.25, 0.3) is 0 Å². The van der Waals surface area contributed by atoms with Crippen molar-refractivity contribution >= 4 is 11.4 Å². The van der Waals surface area contributed by atoms with Gasteiger partial charge in [-0.2, -0.15) is 0 Å². The maximum Gasteiger partial charge on any atom is 0.148 e. The van der Waals surface area contributed by atoms with E-state index < -0.39 is 0 Å². The van der Waals surface area contributed by atoms with E-state index in [4.69, 9.17) is 10.5 Å². The van der Waals surface area contributed by atoms with Gasteiger partial charge in [-0.1, -0.05) is 6.42 Å². The first-order valence-corrected chi connectivity index (χ1v) is 5.96. The van der Waals surface area contributed by atoms with Crippen LogP contribution in [0.25, 0.3) is 0 Å². The fourth-order valence-corrected chi connectivity index (χ4v) is 2.19. The minimum atomic E-state index is -0.287. The van der Waals surface area contributed by atoms with E-state index in [0.717, 1.165) is 6.54 Å². The Hall–Kier alpha value is -1.45. The minimum Gasteiger partial charge on any atom is -0.495 e. The number of nitrogens with zero attached hydrogens (tertiary/aromatic N) is 1. The summed E-state index contributed by atoms with van der Waals surface area (Å²) in [6.45, 7) is 0.893. The third-order valence-electron chi connectivity index (χ3n) is 3.47. The normalized spacial score (nSPS) is 15.5. The molecular weight excluding hydrogens is 219 g/mol. The molecule has 0 bridgehead atoms. The van der Waals surface area contributed by atoms with Crippen molar-refractivity contribution in [2.24, 2.45) is 5.92 Å². The maximum absolute atomic E-state index is 13.8. The van der Waals surface area contributed by atoms with Crippen molar-refractivity contribution in [2.45, 2.75) is 19.3 Å². The number of halogens is 1. The van der Waals surface area contributed by atoms with E-state index in [-0.39, 0.29) is 5.82 Å². The molecule has 0 amide bonds. The van der Waals surface area contributed by atoms with Crippen molar-refractivity contribution in [3.8, 4) is 5.75 Å².